The number of nitrogens with one attached hydrogen (secondary N) is 1. The van der Waals surface area contributed by atoms with Gasteiger partial charge in [0.15, 0.2) is 20.3 Å². The third-order valence-electron chi connectivity index (χ3n) is 5.41. The second kappa shape index (κ2) is 9.28. The third kappa shape index (κ3) is 4.55. The molecule has 166 valence electrons. The molecule has 3 rings (SSSR count). The fourth-order valence-corrected chi connectivity index (χ4v) is 5.67. The molecule has 0 saturated heterocycles. The monoisotopic (exact) mass is 464 g/mol. The molecular formula is C22H25ClN2O5S. The maximum absolute atomic E-state index is 12.7. The van der Waals surface area contributed by atoms with Gasteiger partial charge in [-0.2, -0.15) is 0 Å². The molecular weight excluding hydrogens is 440 g/mol. The van der Waals surface area contributed by atoms with Crippen molar-refractivity contribution in [1.29, 1.82) is 0 Å². The lowest BCUT2D eigenvalue weighted by Gasteiger charge is -2.27. The topological polar surface area (TPSA) is 92.8 Å². The molecule has 0 aliphatic carbocycles. The van der Waals surface area contributed by atoms with Crippen LogP contribution in [0.1, 0.15) is 40.6 Å². The zero-order chi connectivity index (χ0) is 22.8. The minimum atomic E-state index is -4.06. The molecule has 1 amide bonds. The quantitative estimate of drug-likeness (QED) is 0.640. The van der Waals surface area contributed by atoms with E-state index in [1.165, 1.54) is 12.1 Å². The molecule has 0 fully saturated rings. The molecule has 2 unspecified atom stereocenters. The van der Waals surface area contributed by atoms with Crippen LogP contribution < -0.4 is 10.2 Å². The minimum absolute atomic E-state index is 0.231. The first-order chi connectivity index (χ1) is 14.7. The van der Waals surface area contributed by atoms with Crippen molar-refractivity contribution in [2.45, 2.75) is 30.7 Å². The molecule has 1 aliphatic heterocycles. The number of sulfone groups is 1. The minimum Gasteiger partial charge on any atom is -0.448 e. The van der Waals surface area contributed by atoms with Gasteiger partial charge in [0.25, 0.3) is 0 Å². The summed E-state index contributed by atoms with van der Waals surface area (Å²) in [5.74, 6) is -0.665. The Morgan fingerprint density at radius 2 is 1.84 bits per heavy atom. The largest absolute Gasteiger partial charge is 0.448 e. The molecule has 1 heterocycles. The van der Waals surface area contributed by atoms with Gasteiger partial charge in [-0.25, -0.2) is 13.2 Å². The number of hydrogen-bond donors (Lipinski definition) is 1. The van der Waals surface area contributed by atoms with Crippen molar-refractivity contribution in [3.63, 3.8) is 0 Å². The van der Waals surface area contributed by atoms with Gasteiger partial charge in [-0.05, 0) is 50.1 Å². The van der Waals surface area contributed by atoms with Gasteiger partial charge >= 0.3 is 6.09 Å². The van der Waals surface area contributed by atoms with E-state index in [1.54, 1.807) is 18.2 Å². The summed E-state index contributed by atoms with van der Waals surface area (Å²) in [4.78, 5) is 26.8. The second-order valence-corrected chi connectivity index (χ2v) is 10.2. The summed E-state index contributed by atoms with van der Waals surface area (Å²) < 4.78 is 28.9. The van der Waals surface area contributed by atoms with Crippen molar-refractivity contribution in [3.8, 4) is 0 Å². The van der Waals surface area contributed by atoms with Gasteiger partial charge in [-0.15, -0.1) is 0 Å². The van der Waals surface area contributed by atoms with Gasteiger partial charge in [0.05, 0.1) is 0 Å². The van der Waals surface area contributed by atoms with E-state index in [-0.39, 0.29) is 11.1 Å². The van der Waals surface area contributed by atoms with Crippen LogP contribution in [0.3, 0.4) is 0 Å². The Bertz CT molecular complexity index is 1100. The predicted octanol–water partition coefficient (Wildman–Crippen LogP) is 4.31. The Morgan fingerprint density at radius 1 is 1.16 bits per heavy atom. The van der Waals surface area contributed by atoms with Crippen LogP contribution in [0.4, 0.5) is 16.2 Å². The summed E-state index contributed by atoms with van der Waals surface area (Å²) in [6.07, 6.45) is -0.783. The van der Waals surface area contributed by atoms with Crippen LogP contribution in [-0.2, 0) is 14.6 Å². The number of ketones is 1. The van der Waals surface area contributed by atoms with E-state index in [1.807, 2.05) is 19.1 Å². The van der Waals surface area contributed by atoms with Gasteiger partial charge in [0.2, 0.25) is 0 Å². The molecule has 7 nitrogen and oxygen atoms in total. The Balaban J connectivity index is 1.74. The standard InChI is InChI=1S/C22H25ClN2O5S/c1-4-25(5-2)15-10-11-18(14(3)12-15)24-22(27)30-13-19-16-8-6-7-9-17(16)20(26)21(23)31(19,28)29/h6-12,19,21H,4-5,13H2,1-3H3,(H,24,27). The van der Waals surface area contributed by atoms with E-state index in [0.717, 1.165) is 24.3 Å². The third-order valence-corrected chi connectivity index (χ3v) is 8.32. The van der Waals surface area contributed by atoms with Crippen molar-refractivity contribution >= 4 is 44.7 Å². The molecule has 1 N–H and O–H groups in total. The number of aryl methyl sites for hydroxylation is 1. The normalized spacial score (nSPS) is 19.4. The van der Waals surface area contributed by atoms with Crippen LogP contribution in [0.15, 0.2) is 42.5 Å². The molecule has 0 aromatic heterocycles. The van der Waals surface area contributed by atoms with Gasteiger partial charge in [0, 0.05) is 30.0 Å². The Kier molecular flexibility index (Phi) is 6.91. The molecule has 0 spiro atoms. The number of anilines is 2. The lowest BCUT2D eigenvalue weighted by molar-refractivity contribution is 0.100. The smallest absolute Gasteiger partial charge is 0.411 e. The summed E-state index contributed by atoms with van der Waals surface area (Å²) >= 11 is 5.91. The van der Waals surface area contributed by atoms with Gasteiger partial charge in [-0.1, -0.05) is 35.9 Å². The molecule has 0 bridgehead atoms. The summed E-state index contributed by atoms with van der Waals surface area (Å²) in [6.45, 7) is 7.29. The lowest BCUT2D eigenvalue weighted by atomic mass is 10.0. The summed E-state index contributed by atoms with van der Waals surface area (Å²) in [7, 11) is -4.06. The highest BCUT2D eigenvalue weighted by Crippen LogP contribution is 2.37. The molecule has 2 atom stereocenters. The van der Waals surface area contributed by atoms with Crippen LogP contribution in [0.25, 0.3) is 0 Å². The maximum atomic E-state index is 12.7. The molecule has 9 heteroatoms. The van der Waals surface area contributed by atoms with Crippen molar-refractivity contribution in [2.75, 3.05) is 29.9 Å². The zero-order valence-corrected chi connectivity index (χ0v) is 19.2. The van der Waals surface area contributed by atoms with E-state index in [9.17, 15) is 18.0 Å². The first kappa shape index (κ1) is 23.1. The average Bonchev–Trinajstić information content (AvgIpc) is 2.75. The van der Waals surface area contributed by atoms with Crippen LogP contribution in [0, 0.1) is 6.92 Å². The molecule has 2 aromatic carbocycles. The van der Waals surface area contributed by atoms with E-state index in [4.69, 9.17) is 16.3 Å². The van der Waals surface area contributed by atoms with E-state index < -0.39 is 38.3 Å². The van der Waals surface area contributed by atoms with Gasteiger partial charge in [0.1, 0.15) is 11.9 Å². The molecule has 2 aromatic rings. The molecule has 31 heavy (non-hydrogen) atoms. The number of Topliss-reactive ketones (excluding diaryl/α,β-unsaturated/α-hetero) is 1. The Morgan fingerprint density at radius 3 is 2.48 bits per heavy atom. The van der Waals surface area contributed by atoms with E-state index in [0.29, 0.717) is 5.69 Å². The number of benzene rings is 2. The van der Waals surface area contributed by atoms with Gasteiger partial charge < -0.3 is 9.64 Å². The summed E-state index contributed by atoms with van der Waals surface area (Å²) in [5, 5.41) is 1.44. The lowest BCUT2D eigenvalue weighted by Crippen LogP contribution is -2.38. The van der Waals surface area contributed by atoms with E-state index in [2.05, 4.69) is 24.1 Å². The fraction of sp³-hybridized carbons (Fsp3) is 0.364. The van der Waals surface area contributed by atoms with Crippen LogP contribution >= 0.6 is 11.6 Å². The number of hydrogen-bond acceptors (Lipinski definition) is 6. The van der Waals surface area contributed by atoms with E-state index >= 15 is 0 Å². The predicted molar refractivity (Wildman–Crippen MR) is 122 cm³/mol. The van der Waals surface area contributed by atoms with Crippen LogP contribution in [0.2, 0.25) is 0 Å². The number of ether oxygens (including phenoxy) is 1. The second-order valence-electron chi connectivity index (χ2n) is 7.24. The number of amides is 1. The fourth-order valence-electron chi connectivity index (χ4n) is 3.65. The highest BCUT2D eigenvalue weighted by molar-refractivity contribution is 7.94. The Hall–Kier alpha value is -2.58. The average molecular weight is 465 g/mol. The van der Waals surface area contributed by atoms with Gasteiger partial charge in [-0.3, -0.25) is 10.1 Å². The number of carbonyl (C=O) groups is 2. The zero-order valence-electron chi connectivity index (χ0n) is 17.6. The molecule has 0 saturated carbocycles. The van der Waals surface area contributed by atoms with Crippen LogP contribution in [0.5, 0.6) is 0 Å². The number of carbonyl (C=O) groups excluding carboxylic acids is 2. The van der Waals surface area contributed by atoms with Crippen molar-refractivity contribution in [1.82, 2.24) is 0 Å². The highest BCUT2D eigenvalue weighted by Gasteiger charge is 2.45. The van der Waals surface area contributed by atoms with Crippen molar-refractivity contribution in [2.24, 2.45) is 0 Å². The highest BCUT2D eigenvalue weighted by atomic mass is 35.5. The number of alkyl halides is 1. The summed E-state index contributed by atoms with van der Waals surface area (Å²) in [5.41, 5.74) is 2.98. The first-order valence-electron chi connectivity index (χ1n) is 10.00. The molecule has 0 radical (unpaired) electrons. The van der Waals surface area contributed by atoms with Crippen molar-refractivity contribution < 1.29 is 22.7 Å². The SMILES string of the molecule is CCN(CC)c1ccc(NC(=O)OCC2c3ccccc3C(=O)C(Cl)S2(=O)=O)c(C)c1. The first-order valence-corrected chi connectivity index (χ1v) is 12.0. The van der Waals surface area contributed by atoms with Crippen LogP contribution in [-0.4, -0.2) is 44.7 Å². The van der Waals surface area contributed by atoms with Crippen molar-refractivity contribution in [3.05, 3.63) is 59.2 Å². The summed E-state index contributed by atoms with van der Waals surface area (Å²) in [6, 6.07) is 12.0. The number of rotatable bonds is 6. The Labute approximate surface area is 187 Å². The number of nitrogens with zero attached hydrogens (tertiary/aromatic N) is 1. The number of halogens is 1. The maximum Gasteiger partial charge on any atom is 0.411 e. The number of fused-ring (bicyclic) bond motifs is 1. The molecule has 1 aliphatic rings.